The molecule has 6 rings (SSSR count). The van der Waals surface area contributed by atoms with Gasteiger partial charge in [-0.05, 0) is 35.8 Å². The maximum Gasteiger partial charge on any atom is 0.293 e. The van der Waals surface area contributed by atoms with Crippen LogP contribution in [0.15, 0.2) is 69.5 Å². The number of nitrogens with zero attached hydrogens (tertiary/aromatic N) is 4. The Balaban J connectivity index is 0.925. The Hall–Kier alpha value is -3.87. The first kappa shape index (κ1) is 25.4. The molecule has 0 saturated heterocycles. The second-order valence-electron chi connectivity index (χ2n) is 8.55. The number of ketones is 1. The predicted octanol–water partition coefficient (Wildman–Crippen LogP) is 6.08. The summed E-state index contributed by atoms with van der Waals surface area (Å²) in [4.78, 5) is 25.1. The number of benzene rings is 2. The smallest absolute Gasteiger partial charge is 0.293 e. The van der Waals surface area contributed by atoms with E-state index in [4.69, 9.17) is 8.83 Å². The van der Waals surface area contributed by atoms with E-state index in [2.05, 4.69) is 25.7 Å². The lowest BCUT2D eigenvalue weighted by molar-refractivity contribution is 0.0966. The number of fused-ring (bicyclic) bond motifs is 2. The van der Waals surface area contributed by atoms with Crippen LogP contribution in [0, 0.1) is 0 Å². The van der Waals surface area contributed by atoms with Crippen molar-refractivity contribution in [2.45, 2.75) is 19.3 Å². The van der Waals surface area contributed by atoms with E-state index in [1.165, 1.54) is 22.7 Å². The van der Waals surface area contributed by atoms with E-state index < -0.39 is 0 Å². The van der Waals surface area contributed by atoms with Crippen molar-refractivity contribution in [1.82, 2.24) is 20.4 Å². The highest BCUT2D eigenvalue weighted by molar-refractivity contribution is 7.99. The second kappa shape index (κ2) is 11.5. The van der Waals surface area contributed by atoms with Gasteiger partial charge in [-0.15, -0.1) is 31.7 Å². The summed E-state index contributed by atoms with van der Waals surface area (Å²) in [5.41, 5.74) is 1.37. The normalized spacial score (nSPS) is 11.4. The van der Waals surface area contributed by atoms with E-state index in [1.807, 2.05) is 48.5 Å². The lowest BCUT2D eigenvalue weighted by Crippen LogP contribution is -2.10. The Morgan fingerprint density at radius 1 is 0.744 bits per heavy atom. The number of thioether (sulfide) groups is 1. The molecule has 0 fully saturated rings. The molecule has 4 aromatic heterocycles. The average molecular weight is 576 g/mol. The van der Waals surface area contributed by atoms with Gasteiger partial charge in [-0.1, -0.05) is 47.7 Å². The van der Waals surface area contributed by atoms with E-state index in [0.717, 1.165) is 45.1 Å². The van der Waals surface area contributed by atoms with Gasteiger partial charge in [-0.3, -0.25) is 14.9 Å². The summed E-state index contributed by atoms with van der Waals surface area (Å²) in [7, 11) is 0. The molecule has 0 aliphatic heterocycles. The Morgan fingerprint density at radius 2 is 1.33 bits per heavy atom. The number of para-hydroxylation sites is 2. The van der Waals surface area contributed by atoms with Gasteiger partial charge in [0, 0.05) is 23.6 Å². The molecule has 39 heavy (non-hydrogen) atoms. The van der Waals surface area contributed by atoms with Gasteiger partial charge in [0.1, 0.15) is 26.2 Å². The number of carbonyl (C=O) groups is 2. The van der Waals surface area contributed by atoms with Crippen LogP contribution in [0.3, 0.4) is 0 Å². The molecular formula is C27H21N5O4S3. The monoisotopic (exact) mass is 575 g/mol. The lowest BCUT2D eigenvalue weighted by Gasteiger charge is -1.97. The number of rotatable bonds is 11. The summed E-state index contributed by atoms with van der Waals surface area (Å²) in [5.74, 6) is 1.87. The molecule has 0 atom stereocenters. The SMILES string of the molecule is O=C(Cc1nnc(CCSCCc2nnc(NC(=O)c3cc4ccccc4o3)s2)s1)c1cc2ccccc2o1. The largest absolute Gasteiger partial charge is 0.453 e. The van der Waals surface area contributed by atoms with E-state index in [0.29, 0.717) is 27.1 Å². The molecule has 0 spiro atoms. The zero-order chi connectivity index (χ0) is 26.6. The van der Waals surface area contributed by atoms with Crippen LogP contribution < -0.4 is 5.32 Å². The van der Waals surface area contributed by atoms with Crippen molar-refractivity contribution < 1.29 is 18.4 Å². The zero-order valence-electron chi connectivity index (χ0n) is 20.5. The quantitative estimate of drug-likeness (QED) is 0.145. The highest BCUT2D eigenvalue weighted by Gasteiger charge is 2.17. The first-order valence-corrected chi connectivity index (χ1v) is 14.9. The summed E-state index contributed by atoms with van der Waals surface area (Å²) in [6.45, 7) is 0. The predicted molar refractivity (Wildman–Crippen MR) is 153 cm³/mol. The highest BCUT2D eigenvalue weighted by Crippen LogP contribution is 2.23. The van der Waals surface area contributed by atoms with Gasteiger partial charge in [0.05, 0.1) is 6.42 Å². The minimum Gasteiger partial charge on any atom is -0.453 e. The molecule has 0 saturated carbocycles. The van der Waals surface area contributed by atoms with Gasteiger partial charge in [-0.2, -0.15) is 11.8 Å². The Labute approximate surface area is 234 Å². The molecule has 6 aromatic rings. The van der Waals surface area contributed by atoms with Crippen molar-refractivity contribution in [1.29, 1.82) is 0 Å². The topological polar surface area (TPSA) is 124 Å². The number of carbonyl (C=O) groups excluding carboxylic acids is 2. The van der Waals surface area contributed by atoms with Crippen LogP contribution in [0.4, 0.5) is 5.13 Å². The van der Waals surface area contributed by atoms with E-state index >= 15 is 0 Å². The molecule has 0 unspecified atom stereocenters. The Bertz CT molecular complexity index is 1570. The first-order valence-electron chi connectivity index (χ1n) is 12.1. The summed E-state index contributed by atoms with van der Waals surface area (Å²) >= 11 is 4.60. The van der Waals surface area contributed by atoms with Crippen molar-refractivity contribution in [2.24, 2.45) is 0 Å². The summed E-state index contributed by atoms with van der Waals surface area (Å²) in [6.07, 6.45) is 1.70. The number of aromatic nitrogens is 4. The summed E-state index contributed by atoms with van der Waals surface area (Å²) in [5, 5.41) is 24.1. The van der Waals surface area contributed by atoms with Crippen molar-refractivity contribution in [3.05, 3.63) is 87.2 Å². The van der Waals surface area contributed by atoms with Crippen LogP contribution in [-0.4, -0.2) is 43.6 Å². The molecular weight excluding hydrogens is 555 g/mol. The molecule has 1 amide bonds. The van der Waals surface area contributed by atoms with Crippen LogP contribution >= 0.6 is 34.4 Å². The van der Waals surface area contributed by atoms with Crippen molar-refractivity contribution in [3.63, 3.8) is 0 Å². The van der Waals surface area contributed by atoms with Gasteiger partial charge in [0.2, 0.25) is 10.9 Å². The molecule has 0 bridgehead atoms. The standard InChI is InChI=1S/C27H21N5O4S3/c33-18(21-13-16-5-1-3-7-19(16)35-21)15-25-31-29-23(38-25)9-11-37-12-10-24-30-32-27(39-24)28-26(34)22-14-17-6-2-4-8-20(17)36-22/h1-8,13-14H,9-12,15H2,(H,28,32,34). The number of aryl methyl sites for hydroxylation is 2. The number of furan rings is 2. The fraction of sp³-hybridized carbons (Fsp3) is 0.185. The van der Waals surface area contributed by atoms with Crippen molar-refractivity contribution >= 4 is 73.2 Å². The number of Topliss-reactive ketones (excluding diaryl/α,β-unsaturated/α-hetero) is 1. The molecule has 196 valence electrons. The van der Waals surface area contributed by atoms with E-state index in [1.54, 1.807) is 23.9 Å². The number of hydrogen-bond donors (Lipinski definition) is 1. The van der Waals surface area contributed by atoms with E-state index in [-0.39, 0.29) is 23.9 Å². The number of hydrogen-bond acceptors (Lipinski definition) is 11. The maximum atomic E-state index is 12.6. The van der Waals surface area contributed by atoms with Gasteiger partial charge < -0.3 is 8.83 Å². The molecule has 0 aliphatic rings. The van der Waals surface area contributed by atoms with Gasteiger partial charge in [0.15, 0.2) is 11.5 Å². The maximum absolute atomic E-state index is 12.6. The molecule has 1 N–H and O–H groups in total. The highest BCUT2D eigenvalue weighted by atomic mass is 32.2. The van der Waals surface area contributed by atoms with Gasteiger partial charge >= 0.3 is 0 Å². The summed E-state index contributed by atoms with van der Waals surface area (Å²) < 4.78 is 11.3. The van der Waals surface area contributed by atoms with Crippen LogP contribution in [0.1, 0.15) is 36.1 Å². The van der Waals surface area contributed by atoms with Crippen LogP contribution in [0.25, 0.3) is 21.9 Å². The number of amides is 1. The van der Waals surface area contributed by atoms with Crippen molar-refractivity contribution in [3.8, 4) is 0 Å². The Morgan fingerprint density at radius 3 is 2.05 bits per heavy atom. The van der Waals surface area contributed by atoms with Crippen LogP contribution in [0.5, 0.6) is 0 Å². The zero-order valence-corrected chi connectivity index (χ0v) is 22.9. The van der Waals surface area contributed by atoms with Crippen LogP contribution in [0.2, 0.25) is 0 Å². The lowest BCUT2D eigenvalue weighted by atomic mass is 10.2. The average Bonchev–Trinajstić information content (AvgIpc) is 3.74. The second-order valence-corrected chi connectivity index (χ2v) is 12.0. The molecule has 12 heteroatoms. The van der Waals surface area contributed by atoms with Gasteiger partial charge in [0.25, 0.3) is 5.91 Å². The third-order valence-corrected chi connectivity index (χ3v) is 8.65. The number of nitrogens with one attached hydrogen (secondary N) is 1. The third-order valence-electron chi connectivity index (χ3n) is 5.78. The van der Waals surface area contributed by atoms with Gasteiger partial charge in [-0.25, -0.2) is 0 Å². The molecule has 0 radical (unpaired) electrons. The minimum absolute atomic E-state index is 0.103. The van der Waals surface area contributed by atoms with Crippen molar-refractivity contribution in [2.75, 3.05) is 16.8 Å². The molecule has 9 nitrogen and oxygen atoms in total. The Kier molecular flexibility index (Phi) is 7.48. The van der Waals surface area contributed by atoms with Crippen LogP contribution in [-0.2, 0) is 19.3 Å². The summed E-state index contributed by atoms with van der Waals surface area (Å²) in [6, 6.07) is 18.5. The van der Waals surface area contributed by atoms with E-state index in [9.17, 15) is 9.59 Å². The first-order chi connectivity index (χ1) is 19.1. The fourth-order valence-corrected chi connectivity index (χ4v) is 6.60. The molecule has 2 aromatic carbocycles. The molecule has 4 heterocycles. The minimum atomic E-state index is -0.348. The number of anilines is 1. The third kappa shape index (κ3) is 6.08. The fourth-order valence-electron chi connectivity index (χ4n) is 3.88. The molecule has 0 aliphatic carbocycles.